The topological polar surface area (TPSA) is 145 Å². The Labute approximate surface area is 274 Å². The number of methoxy groups -OCH3 is 1. The lowest BCUT2D eigenvalue weighted by Crippen LogP contribution is -2.54. The molecule has 2 amide bonds. The zero-order chi connectivity index (χ0) is 33.5. The summed E-state index contributed by atoms with van der Waals surface area (Å²) < 4.78 is 19.8. The van der Waals surface area contributed by atoms with Gasteiger partial charge in [0, 0.05) is 42.2 Å². The lowest BCUT2D eigenvalue weighted by atomic mass is 10.1. The molecule has 5 unspecified atom stereocenters. The SMILES string of the molecule is COc1ccc2c(OC3CC4C(=O)NC5(C(=O)O)CC5C=CCCCCOC(C)C(=O)N4C3)cc(-n3ccc(C(C)C)n3)nc2c1C. The van der Waals surface area contributed by atoms with E-state index in [1.165, 1.54) is 4.90 Å². The molecule has 1 saturated heterocycles. The Morgan fingerprint density at radius 3 is 2.72 bits per heavy atom. The summed E-state index contributed by atoms with van der Waals surface area (Å²) in [6, 6.07) is 6.58. The number of ether oxygens (including phenoxy) is 3. The predicted octanol–water partition coefficient (Wildman–Crippen LogP) is 4.31. The molecule has 250 valence electrons. The summed E-state index contributed by atoms with van der Waals surface area (Å²) in [5.74, 6) is -0.237. The van der Waals surface area contributed by atoms with Crippen molar-refractivity contribution in [3.8, 4) is 17.3 Å². The molecule has 12 heteroatoms. The van der Waals surface area contributed by atoms with Crippen molar-refractivity contribution in [1.29, 1.82) is 0 Å². The second-order valence-electron chi connectivity index (χ2n) is 13.1. The molecule has 0 bridgehead atoms. The minimum atomic E-state index is -1.38. The quantitative estimate of drug-likeness (QED) is 0.375. The van der Waals surface area contributed by atoms with Gasteiger partial charge in [-0.05, 0) is 63.6 Å². The number of fused-ring (bicyclic) bond motifs is 3. The van der Waals surface area contributed by atoms with Crippen molar-refractivity contribution >= 4 is 28.7 Å². The number of benzene rings is 1. The van der Waals surface area contributed by atoms with Crippen molar-refractivity contribution in [3.05, 3.63) is 53.9 Å². The second-order valence-corrected chi connectivity index (χ2v) is 13.1. The highest BCUT2D eigenvalue weighted by molar-refractivity contribution is 5.95. The van der Waals surface area contributed by atoms with E-state index in [-0.39, 0.29) is 30.7 Å². The summed E-state index contributed by atoms with van der Waals surface area (Å²) in [4.78, 5) is 46.3. The van der Waals surface area contributed by atoms with Crippen LogP contribution < -0.4 is 14.8 Å². The maximum atomic E-state index is 13.8. The van der Waals surface area contributed by atoms with Crippen LogP contribution in [0.15, 0.2) is 42.6 Å². The largest absolute Gasteiger partial charge is 0.496 e. The summed E-state index contributed by atoms with van der Waals surface area (Å²) in [7, 11) is 1.61. The van der Waals surface area contributed by atoms with E-state index in [1.807, 2.05) is 49.5 Å². The Balaban J connectivity index is 1.34. The Kier molecular flexibility index (Phi) is 8.97. The minimum Gasteiger partial charge on any atom is -0.496 e. The van der Waals surface area contributed by atoms with Crippen LogP contribution in [0, 0.1) is 12.8 Å². The number of nitrogens with zero attached hydrogens (tertiary/aromatic N) is 4. The van der Waals surface area contributed by atoms with E-state index in [9.17, 15) is 19.5 Å². The lowest BCUT2D eigenvalue weighted by molar-refractivity contribution is -0.149. The first kappa shape index (κ1) is 32.5. The number of aliphatic carboxylic acids is 1. The van der Waals surface area contributed by atoms with Crippen LogP contribution in [0.4, 0.5) is 0 Å². The summed E-state index contributed by atoms with van der Waals surface area (Å²) in [5.41, 5.74) is 1.05. The number of rotatable bonds is 6. The van der Waals surface area contributed by atoms with E-state index in [0.717, 1.165) is 35.9 Å². The maximum absolute atomic E-state index is 13.8. The third kappa shape index (κ3) is 6.30. The molecule has 12 nitrogen and oxygen atoms in total. The number of nitrogens with one attached hydrogen (secondary N) is 1. The van der Waals surface area contributed by atoms with Gasteiger partial charge in [-0.2, -0.15) is 5.10 Å². The Morgan fingerprint density at radius 1 is 1.19 bits per heavy atom. The second kappa shape index (κ2) is 13.0. The van der Waals surface area contributed by atoms with Crippen molar-refractivity contribution in [2.24, 2.45) is 5.92 Å². The molecule has 0 radical (unpaired) electrons. The van der Waals surface area contributed by atoms with Crippen molar-refractivity contribution in [2.45, 2.75) is 89.5 Å². The highest BCUT2D eigenvalue weighted by Crippen LogP contribution is 2.45. The van der Waals surface area contributed by atoms with Gasteiger partial charge in [-0.15, -0.1) is 0 Å². The average molecular weight is 646 g/mol. The van der Waals surface area contributed by atoms with Crippen LogP contribution in [0.2, 0.25) is 0 Å². The summed E-state index contributed by atoms with van der Waals surface area (Å²) >= 11 is 0. The van der Waals surface area contributed by atoms with E-state index in [4.69, 9.17) is 24.3 Å². The van der Waals surface area contributed by atoms with E-state index < -0.39 is 35.7 Å². The van der Waals surface area contributed by atoms with Crippen molar-refractivity contribution in [3.63, 3.8) is 0 Å². The number of hydrogen-bond acceptors (Lipinski definition) is 8. The van der Waals surface area contributed by atoms with Crippen LogP contribution >= 0.6 is 0 Å². The number of amides is 2. The van der Waals surface area contributed by atoms with Crippen molar-refractivity contribution < 1.29 is 33.7 Å². The van der Waals surface area contributed by atoms with Gasteiger partial charge in [0.15, 0.2) is 5.82 Å². The van der Waals surface area contributed by atoms with Gasteiger partial charge in [-0.3, -0.25) is 9.59 Å². The van der Waals surface area contributed by atoms with Crippen LogP contribution in [-0.2, 0) is 19.1 Å². The third-order valence-corrected chi connectivity index (χ3v) is 9.52. The zero-order valence-corrected chi connectivity index (χ0v) is 27.6. The standard InChI is InChI=1S/C35H43N5O7/c1-20(2)26-13-14-40(38-26)30-17-29(25-11-12-28(45-5)21(3)31(25)36-30)47-24-16-27-32(41)37-35(34(43)44)18-23(35)10-8-6-7-9-15-46-22(4)33(42)39(27)19-24/h8,10-14,17,20,22-24,27H,6-7,9,15-16,18-19H2,1-5H3,(H,37,41)(H,43,44). The number of carbonyl (C=O) groups excluding carboxylic acids is 2. The first-order valence-corrected chi connectivity index (χ1v) is 16.4. The minimum absolute atomic E-state index is 0.127. The fourth-order valence-electron chi connectivity index (χ4n) is 6.59. The molecule has 1 aromatic carbocycles. The number of aromatic nitrogens is 3. The molecule has 3 aliphatic rings. The third-order valence-electron chi connectivity index (χ3n) is 9.52. The van der Waals surface area contributed by atoms with Crippen LogP contribution in [0.5, 0.6) is 11.5 Å². The summed E-state index contributed by atoms with van der Waals surface area (Å²) in [5, 5.41) is 18.4. The van der Waals surface area contributed by atoms with Gasteiger partial charge in [0.2, 0.25) is 5.91 Å². The first-order chi connectivity index (χ1) is 22.5. The molecular formula is C35H43N5O7. The Morgan fingerprint density at radius 2 is 2.00 bits per heavy atom. The molecule has 4 heterocycles. The van der Waals surface area contributed by atoms with E-state index in [0.29, 0.717) is 35.9 Å². The predicted molar refractivity (Wildman–Crippen MR) is 174 cm³/mol. The van der Waals surface area contributed by atoms with Gasteiger partial charge >= 0.3 is 5.97 Å². The molecule has 2 fully saturated rings. The Hall–Kier alpha value is -4.45. The lowest BCUT2D eigenvalue weighted by Gasteiger charge is -2.27. The van der Waals surface area contributed by atoms with Gasteiger partial charge in [-0.25, -0.2) is 14.5 Å². The number of carboxylic acids is 1. The van der Waals surface area contributed by atoms with Crippen LogP contribution in [0.1, 0.15) is 70.1 Å². The number of hydrogen-bond donors (Lipinski definition) is 2. The van der Waals surface area contributed by atoms with Crippen LogP contribution in [-0.4, -0.2) is 86.6 Å². The molecule has 2 N–H and O–H groups in total. The molecule has 47 heavy (non-hydrogen) atoms. The highest BCUT2D eigenvalue weighted by Gasteiger charge is 2.61. The van der Waals surface area contributed by atoms with E-state index in [2.05, 4.69) is 19.2 Å². The number of carboxylic acid groups (broad SMARTS) is 1. The molecule has 1 aliphatic carbocycles. The molecule has 5 atom stereocenters. The first-order valence-electron chi connectivity index (χ1n) is 16.4. The molecule has 3 aromatic rings. The molecular weight excluding hydrogens is 602 g/mol. The highest BCUT2D eigenvalue weighted by atomic mass is 16.5. The molecule has 0 spiro atoms. The van der Waals surface area contributed by atoms with E-state index >= 15 is 0 Å². The van der Waals surface area contributed by atoms with Gasteiger partial charge in [0.1, 0.15) is 35.3 Å². The van der Waals surface area contributed by atoms with Gasteiger partial charge in [0.25, 0.3) is 5.91 Å². The Bertz CT molecular complexity index is 1720. The fraction of sp³-hybridized carbons (Fsp3) is 0.514. The maximum Gasteiger partial charge on any atom is 0.330 e. The van der Waals surface area contributed by atoms with E-state index in [1.54, 1.807) is 18.7 Å². The monoisotopic (exact) mass is 645 g/mol. The van der Waals surface area contributed by atoms with Crippen LogP contribution in [0.3, 0.4) is 0 Å². The number of allylic oxidation sites excluding steroid dienone is 1. The average Bonchev–Trinajstić information content (AvgIpc) is 3.35. The molecule has 6 rings (SSSR count). The smallest absolute Gasteiger partial charge is 0.330 e. The van der Waals surface area contributed by atoms with Gasteiger partial charge < -0.3 is 29.5 Å². The summed E-state index contributed by atoms with van der Waals surface area (Å²) in [6.07, 6.45) is 7.25. The van der Waals surface area contributed by atoms with Crippen molar-refractivity contribution in [2.75, 3.05) is 20.3 Å². The van der Waals surface area contributed by atoms with Crippen LogP contribution in [0.25, 0.3) is 16.7 Å². The van der Waals surface area contributed by atoms with Gasteiger partial charge in [0.05, 0.1) is 24.9 Å². The van der Waals surface area contributed by atoms with Crippen molar-refractivity contribution in [1.82, 2.24) is 25.0 Å². The number of pyridine rings is 1. The zero-order valence-electron chi connectivity index (χ0n) is 27.6. The normalized spacial score (nSPS) is 26.7. The number of aryl methyl sites for hydroxylation is 1. The summed E-state index contributed by atoms with van der Waals surface area (Å²) in [6.45, 7) is 8.30. The fourth-order valence-corrected chi connectivity index (χ4v) is 6.59. The molecule has 1 saturated carbocycles. The molecule has 2 aliphatic heterocycles. The molecule has 2 aromatic heterocycles. The van der Waals surface area contributed by atoms with Gasteiger partial charge in [-0.1, -0.05) is 26.0 Å². The number of carbonyl (C=O) groups is 3.